The van der Waals surface area contributed by atoms with E-state index in [1.54, 1.807) is 54.3 Å². The maximum atomic E-state index is 13.0. The van der Waals surface area contributed by atoms with Crippen molar-refractivity contribution in [1.82, 2.24) is 9.78 Å². The SMILES string of the molecule is COc1ccc([C@@H]2C=C(C(=O)O)Nc3c(C(=O)Nc4ccccc4OC)cnn32)cc1. The Morgan fingerprint density at radius 3 is 2.52 bits per heavy atom. The number of benzene rings is 2. The van der Waals surface area contributed by atoms with Gasteiger partial charge in [-0.25, -0.2) is 9.48 Å². The molecule has 9 heteroatoms. The molecule has 3 N–H and O–H groups in total. The highest BCUT2D eigenvalue weighted by molar-refractivity contribution is 6.09. The molecule has 0 saturated carbocycles. The highest BCUT2D eigenvalue weighted by Gasteiger charge is 2.29. The summed E-state index contributed by atoms with van der Waals surface area (Å²) in [6.07, 6.45) is 2.95. The number of ether oxygens (including phenoxy) is 2. The molecule has 1 aliphatic rings. The van der Waals surface area contributed by atoms with Gasteiger partial charge in [-0.3, -0.25) is 4.79 Å². The van der Waals surface area contributed by atoms with Crippen molar-refractivity contribution in [3.05, 3.63) is 77.6 Å². The molecule has 1 amide bonds. The van der Waals surface area contributed by atoms with E-state index in [-0.39, 0.29) is 17.1 Å². The van der Waals surface area contributed by atoms with Crippen LogP contribution in [0.15, 0.2) is 66.5 Å². The maximum Gasteiger partial charge on any atom is 0.352 e. The van der Waals surface area contributed by atoms with Gasteiger partial charge in [0, 0.05) is 0 Å². The van der Waals surface area contributed by atoms with E-state index in [1.165, 1.54) is 13.3 Å². The Kier molecular flexibility index (Phi) is 5.31. The van der Waals surface area contributed by atoms with Gasteiger partial charge in [0.25, 0.3) is 5.91 Å². The molecular formula is C22H20N4O5. The lowest BCUT2D eigenvalue weighted by Crippen LogP contribution is -2.25. The number of rotatable bonds is 6. The van der Waals surface area contributed by atoms with Crippen LogP contribution in [0.3, 0.4) is 0 Å². The minimum absolute atomic E-state index is 0.0415. The van der Waals surface area contributed by atoms with E-state index in [0.29, 0.717) is 17.2 Å². The highest BCUT2D eigenvalue weighted by Crippen LogP contribution is 2.33. The number of para-hydroxylation sites is 2. The van der Waals surface area contributed by atoms with Gasteiger partial charge < -0.3 is 25.2 Å². The number of nitrogens with one attached hydrogen (secondary N) is 2. The number of amides is 1. The van der Waals surface area contributed by atoms with Crippen molar-refractivity contribution in [2.75, 3.05) is 24.9 Å². The van der Waals surface area contributed by atoms with Gasteiger partial charge >= 0.3 is 5.97 Å². The van der Waals surface area contributed by atoms with Crippen molar-refractivity contribution in [1.29, 1.82) is 0 Å². The van der Waals surface area contributed by atoms with Gasteiger partial charge in [0.1, 0.15) is 28.6 Å². The number of hydrogen-bond donors (Lipinski definition) is 3. The molecule has 31 heavy (non-hydrogen) atoms. The fourth-order valence-electron chi connectivity index (χ4n) is 3.36. The van der Waals surface area contributed by atoms with Crippen LogP contribution in [-0.2, 0) is 4.79 Å². The van der Waals surface area contributed by atoms with E-state index in [2.05, 4.69) is 15.7 Å². The van der Waals surface area contributed by atoms with Gasteiger partial charge in [-0.15, -0.1) is 0 Å². The van der Waals surface area contributed by atoms with Gasteiger partial charge in [-0.2, -0.15) is 5.10 Å². The summed E-state index contributed by atoms with van der Waals surface area (Å²) in [5.41, 5.74) is 1.45. The third kappa shape index (κ3) is 3.80. The van der Waals surface area contributed by atoms with Crippen LogP contribution in [0, 0.1) is 0 Å². The van der Waals surface area contributed by atoms with Gasteiger partial charge in [0.2, 0.25) is 0 Å². The molecule has 0 fully saturated rings. The lowest BCUT2D eigenvalue weighted by atomic mass is 10.0. The number of aromatic nitrogens is 2. The molecule has 9 nitrogen and oxygen atoms in total. The molecule has 0 saturated heterocycles. The predicted molar refractivity (Wildman–Crippen MR) is 114 cm³/mol. The number of aliphatic carboxylic acids is 1. The number of hydrogen-bond acceptors (Lipinski definition) is 6. The largest absolute Gasteiger partial charge is 0.497 e. The standard InChI is InChI=1S/C22H20N4O5/c1-30-14-9-7-13(8-10-14)18-11-17(22(28)29)24-20-15(12-23-26(18)20)21(27)25-16-5-3-4-6-19(16)31-2/h3-12,18,24H,1-2H3,(H,25,27)(H,28,29)/t18-/m0/s1. The molecule has 0 radical (unpaired) electrons. The fourth-order valence-corrected chi connectivity index (χ4v) is 3.36. The third-order valence-corrected chi connectivity index (χ3v) is 4.92. The average Bonchev–Trinajstić information content (AvgIpc) is 3.23. The second-order valence-corrected chi connectivity index (χ2v) is 6.73. The number of fused-ring (bicyclic) bond motifs is 1. The molecule has 0 spiro atoms. The normalized spacial score (nSPS) is 14.6. The first-order valence-corrected chi connectivity index (χ1v) is 9.39. The van der Waals surface area contributed by atoms with Crippen LogP contribution in [-0.4, -0.2) is 41.0 Å². The number of methoxy groups -OCH3 is 2. The summed E-state index contributed by atoms with van der Waals surface area (Å²) in [4.78, 5) is 24.7. The van der Waals surface area contributed by atoms with E-state index >= 15 is 0 Å². The minimum atomic E-state index is -1.14. The number of anilines is 2. The summed E-state index contributed by atoms with van der Waals surface area (Å²) < 4.78 is 12.0. The number of nitrogens with zero attached hydrogens (tertiary/aromatic N) is 2. The Balaban J connectivity index is 1.71. The third-order valence-electron chi connectivity index (χ3n) is 4.92. The summed E-state index contributed by atoms with van der Waals surface area (Å²) in [6.45, 7) is 0. The second-order valence-electron chi connectivity index (χ2n) is 6.73. The van der Waals surface area contributed by atoms with Crippen molar-refractivity contribution < 1.29 is 24.2 Å². The maximum absolute atomic E-state index is 13.0. The molecule has 2 aromatic carbocycles. The molecular weight excluding hydrogens is 400 g/mol. The molecule has 3 aromatic rings. The molecule has 4 rings (SSSR count). The van der Waals surface area contributed by atoms with Crippen molar-refractivity contribution in [3.8, 4) is 11.5 Å². The van der Waals surface area contributed by atoms with Gasteiger partial charge in [0.15, 0.2) is 0 Å². The van der Waals surface area contributed by atoms with Gasteiger partial charge in [-0.1, -0.05) is 24.3 Å². The molecule has 0 unspecified atom stereocenters. The summed E-state index contributed by atoms with van der Waals surface area (Å²) >= 11 is 0. The smallest absolute Gasteiger partial charge is 0.352 e. The number of carboxylic acid groups (broad SMARTS) is 1. The van der Waals surface area contributed by atoms with Crippen LogP contribution in [0.2, 0.25) is 0 Å². The van der Waals surface area contributed by atoms with Crippen LogP contribution >= 0.6 is 0 Å². The second kappa shape index (κ2) is 8.23. The molecule has 158 valence electrons. The van der Waals surface area contributed by atoms with E-state index in [9.17, 15) is 14.7 Å². The molecule has 1 aromatic heterocycles. The van der Waals surface area contributed by atoms with E-state index in [4.69, 9.17) is 9.47 Å². The first-order chi connectivity index (χ1) is 15.0. The van der Waals surface area contributed by atoms with Crippen molar-refractivity contribution >= 4 is 23.4 Å². The van der Waals surface area contributed by atoms with Crippen LogP contribution in [0.4, 0.5) is 11.5 Å². The zero-order chi connectivity index (χ0) is 22.0. The van der Waals surface area contributed by atoms with Crippen LogP contribution in [0.25, 0.3) is 0 Å². The van der Waals surface area contributed by atoms with Crippen molar-refractivity contribution in [2.24, 2.45) is 0 Å². The topological polar surface area (TPSA) is 115 Å². The first kappa shape index (κ1) is 20.0. The molecule has 0 aliphatic carbocycles. The first-order valence-electron chi connectivity index (χ1n) is 9.39. The van der Waals surface area contributed by atoms with Crippen LogP contribution in [0.1, 0.15) is 22.0 Å². The molecule has 0 bridgehead atoms. The fraction of sp³-hybridized carbons (Fsp3) is 0.136. The summed E-state index contributed by atoms with van der Waals surface area (Å²) in [6, 6.07) is 13.7. The Bertz CT molecular complexity index is 1170. The Hall–Kier alpha value is -4.27. The van der Waals surface area contributed by atoms with Crippen LogP contribution in [0.5, 0.6) is 11.5 Å². The molecule has 2 heterocycles. The number of carboxylic acids is 1. The monoisotopic (exact) mass is 420 g/mol. The predicted octanol–water partition coefficient (Wildman–Crippen LogP) is 3.14. The number of carbonyl (C=O) groups is 2. The molecule has 1 atom stereocenters. The van der Waals surface area contributed by atoms with Crippen LogP contribution < -0.4 is 20.1 Å². The van der Waals surface area contributed by atoms with Gasteiger partial charge in [-0.05, 0) is 35.9 Å². The molecule has 1 aliphatic heterocycles. The lowest BCUT2D eigenvalue weighted by molar-refractivity contribution is -0.132. The summed E-state index contributed by atoms with van der Waals surface area (Å²) in [5.74, 6) is -0.113. The minimum Gasteiger partial charge on any atom is -0.497 e. The average molecular weight is 420 g/mol. The Morgan fingerprint density at radius 2 is 1.84 bits per heavy atom. The quantitative estimate of drug-likeness (QED) is 0.561. The van der Waals surface area contributed by atoms with E-state index in [0.717, 1.165) is 5.56 Å². The number of allylic oxidation sites excluding steroid dienone is 1. The van der Waals surface area contributed by atoms with Crippen molar-refractivity contribution in [3.63, 3.8) is 0 Å². The summed E-state index contributed by atoms with van der Waals surface area (Å²) in [5, 5.41) is 19.5. The summed E-state index contributed by atoms with van der Waals surface area (Å²) in [7, 11) is 3.08. The Labute approximate surface area is 177 Å². The zero-order valence-corrected chi connectivity index (χ0v) is 16.8. The van der Waals surface area contributed by atoms with E-state index < -0.39 is 17.9 Å². The van der Waals surface area contributed by atoms with Gasteiger partial charge in [0.05, 0.1) is 32.1 Å². The highest BCUT2D eigenvalue weighted by atomic mass is 16.5. The lowest BCUT2D eigenvalue weighted by Gasteiger charge is -2.24. The zero-order valence-electron chi connectivity index (χ0n) is 16.8. The van der Waals surface area contributed by atoms with E-state index in [1.807, 2.05) is 12.1 Å². The Morgan fingerprint density at radius 1 is 1.10 bits per heavy atom. The number of carbonyl (C=O) groups excluding carboxylic acids is 1. The van der Waals surface area contributed by atoms with Crippen molar-refractivity contribution in [2.45, 2.75) is 6.04 Å².